The van der Waals surface area contributed by atoms with Gasteiger partial charge in [0.2, 0.25) is 5.89 Å². The van der Waals surface area contributed by atoms with E-state index in [0.29, 0.717) is 30.0 Å². The van der Waals surface area contributed by atoms with Crippen molar-refractivity contribution in [2.75, 3.05) is 5.32 Å². The second-order valence-electron chi connectivity index (χ2n) is 5.27. The van der Waals surface area contributed by atoms with Crippen LogP contribution in [0.15, 0.2) is 57.9 Å². The molecule has 1 aromatic heterocycles. The first-order chi connectivity index (χ1) is 11.3. The smallest absolute Gasteiger partial charge is 0.320 e. The first kappa shape index (κ1) is 14.0. The number of anilines is 2. The van der Waals surface area contributed by atoms with Gasteiger partial charge in [-0.25, -0.2) is 0 Å². The molecule has 0 saturated carbocycles. The maximum Gasteiger partial charge on any atom is 0.320 e. The van der Waals surface area contributed by atoms with Crippen LogP contribution in [-0.2, 0) is 13.0 Å². The van der Waals surface area contributed by atoms with Gasteiger partial charge in [0.15, 0.2) is 0 Å². The summed E-state index contributed by atoms with van der Waals surface area (Å²) in [6.07, 6.45) is 0.609. The molecule has 0 unspecified atom stereocenters. The minimum Gasteiger partial charge on any atom is -0.408 e. The van der Waals surface area contributed by atoms with Gasteiger partial charge in [-0.3, -0.25) is 4.99 Å². The van der Waals surface area contributed by atoms with Crippen molar-refractivity contribution in [1.29, 1.82) is 0 Å². The molecule has 0 fully saturated rings. The summed E-state index contributed by atoms with van der Waals surface area (Å²) >= 11 is 6.08. The van der Waals surface area contributed by atoms with Crippen LogP contribution in [0, 0.1) is 0 Å². The monoisotopic (exact) mass is 324 g/mol. The Morgan fingerprint density at radius 3 is 2.83 bits per heavy atom. The van der Waals surface area contributed by atoms with Crippen molar-refractivity contribution in [3.63, 3.8) is 0 Å². The first-order valence-corrected chi connectivity index (χ1v) is 7.62. The molecule has 0 spiro atoms. The Morgan fingerprint density at radius 1 is 1.09 bits per heavy atom. The molecular weight excluding hydrogens is 312 g/mol. The molecule has 0 amide bonds. The van der Waals surface area contributed by atoms with E-state index >= 15 is 0 Å². The van der Waals surface area contributed by atoms with E-state index in [4.69, 9.17) is 16.0 Å². The molecule has 0 aliphatic carbocycles. The van der Waals surface area contributed by atoms with Gasteiger partial charge < -0.3 is 9.73 Å². The summed E-state index contributed by atoms with van der Waals surface area (Å²) in [7, 11) is 0. The summed E-state index contributed by atoms with van der Waals surface area (Å²) in [5.41, 5.74) is 4.04. The molecule has 0 atom stereocenters. The number of hydrogen-bond acceptors (Lipinski definition) is 5. The van der Waals surface area contributed by atoms with Crippen LogP contribution in [-0.4, -0.2) is 15.4 Å². The van der Waals surface area contributed by atoms with E-state index in [2.05, 4.69) is 20.5 Å². The minimum atomic E-state index is 0.363. The van der Waals surface area contributed by atoms with E-state index in [0.717, 1.165) is 22.4 Å². The van der Waals surface area contributed by atoms with Crippen LogP contribution in [0.4, 0.5) is 11.7 Å². The number of nitrogens with zero attached hydrogens (tertiary/aromatic N) is 3. The molecule has 114 valence electrons. The van der Waals surface area contributed by atoms with Gasteiger partial charge >= 0.3 is 6.01 Å². The highest BCUT2D eigenvalue weighted by molar-refractivity contribution is 6.70. The maximum absolute atomic E-state index is 6.08. The molecule has 0 radical (unpaired) electrons. The number of aromatic nitrogens is 2. The summed E-state index contributed by atoms with van der Waals surface area (Å²) in [5, 5.41) is 11.7. The molecule has 5 nitrogen and oxygen atoms in total. The number of aliphatic imine (C=N–C) groups is 1. The third-order valence-corrected chi connectivity index (χ3v) is 3.96. The molecule has 0 saturated heterocycles. The first-order valence-electron chi connectivity index (χ1n) is 7.24. The highest BCUT2D eigenvalue weighted by atomic mass is 35.5. The van der Waals surface area contributed by atoms with Gasteiger partial charge in [-0.15, -0.1) is 5.10 Å². The van der Waals surface area contributed by atoms with Gasteiger partial charge in [0.1, 0.15) is 5.17 Å². The molecular formula is C17H13ClN4O. The van der Waals surface area contributed by atoms with E-state index in [1.54, 1.807) is 0 Å². The second kappa shape index (κ2) is 5.85. The number of rotatable bonds is 4. The number of halogens is 1. The van der Waals surface area contributed by atoms with Gasteiger partial charge in [0.25, 0.3) is 0 Å². The fourth-order valence-corrected chi connectivity index (χ4v) is 2.73. The predicted octanol–water partition coefficient (Wildman–Crippen LogP) is 3.90. The summed E-state index contributed by atoms with van der Waals surface area (Å²) in [4.78, 5) is 4.21. The van der Waals surface area contributed by atoms with Crippen LogP contribution in [0.1, 0.15) is 22.6 Å². The minimum absolute atomic E-state index is 0.363. The summed E-state index contributed by atoms with van der Waals surface area (Å²) in [6.45, 7) is 0.635. The Hall–Kier alpha value is -2.66. The molecule has 1 aliphatic heterocycles. The third kappa shape index (κ3) is 2.96. The number of benzene rings is 2. The molecule has 23 heavy (non-hydrogen) atoms. The van der Waals surface area contributed by atoms with E-state index in [-0.39, 0.29) is 0 Å². The summed E-state index contributed by atoms with van der Waals surface area (Å²) in [5.74, 6) is 0.569. The van der Waals surface area contributed by atoms with Crippen LogP contribution in [0.25, 0.3) is 0 Å². The van der Waals surface area contributed by atoms with Crippen molar-refractivity contribution in [3.8, 4) is 0 Å². The standard InChI is InChI=1S/C17H13ClN4O/c18-16-14-9-13(7-6-12(14)10-19-16)20-17-22-21-15(23-17)8-11-4-2-1-3-5-11/h1-7,9H,8,10H2,(H,20,22). The van der Waals surface area contributed by atoms with E-state index in [1.165, 1.54) is 0 Å². The molecule has 6 heteroatoms. The second-order valence-corrected chi connectivity index (χ2v) is 5.63. The molecule has 1 N–H and O–H groups in total. The van der Waals surface area contributed by atoms with Gasteiger partial charge in [0, 0.05) is 11.3 Å². The normalized spacial score (nSPS) is 12.8. The zero-order chi connectivity index (χ0) is 15.6. The molecule has 1 aliphatic rings. The Labute approximate surface area is 138 Å². The Kier molecular flexibility index (Phi) is 3.55. The van der Waals surface area contributed by atoms with Gasteiger partial charge in [0.05, 0.1) is 13.0 Å². The van der Waals surface area contributed by atoms with E-state index < -0.39 is 0 Å². The Morgan fingerprint density at radius 2 is 1.96 bits per heavy atom. The summed E-state index contributed by atoms with van der Waals surface area (Å²) in [6, 6.07) is 16.3. The van der Waals surface area contributed by atoms with E-state index in [9.17, 15) is 0 Å². The van der Waals surface area contributed by atoms with Crippen LogP contribution >= 0.6 is 11.6 Å². The van der Waals surface area contributed by atoms with E-state index in [1.807, 2.05) is 48.5 Å². The fourth-order valence-electron chi connectivity index (χ4n) is 2.49. The van der Waals surface area contributed by atoms with Crippen molar-refractivity contribution in [3.05, 3.63) is 71.1 Å². The Bertz CT molecular complexity index is 873. The molecule has 3 aromatic rings. The van der Waals surface area contributed by atoms with Crippen molar-refractivity contribution < 1.29 is 4.42 Å². The summed E-state index contributed by atoms with van der Waals surface area (Å²) < 4.78 is 5.64. The topological polar surface area (TPSA) is 63.3 Å². The lowest BCUT2D eigenvalue weighted by Gasteiger charge is -2.04. The van der Waals surface area contributed by atoms with Crippen LogP contribution < -0.4 is 5.32 Å². The largest absolute Gasteiger partial charge is 0.408 e. The average molecular weight is 325 g/mol. The number of nitrogens with one attached hydrogen (secondary N) is 1. The van der Waals surface area contributed by atoms with Crippen molar-refractivity contribution in [2.24, 2.45) is 4.99 Å². The fraction of sp³-hybridized carbons (Fsp3) is 0.118. The van der Waals surface area contributed by atoms with Crippen LogP contribution in [0.5, 0.6) is 0 Å². The van der Waals surface area contributed by atoms with Crippen molar-refractivity contribution >= 4 is 28.5 Å². The lowest BCUT2D eigenvalue weighted by atomic mass is 10.1. The highest BCUT2D eigenvalue weighted by Crippen LogP contribution is 2.26. The number of hydrogen-bond donors (Lipinski definition) is 1. The Balaban J connectivity index is 1.50. The predicted molar refractivity (Wildman–Crippen MR) is 89.4 cm³/mol. The van der Waals surface area contributed by atoms with Crippen LogP contribution in [0.2, 0.25) is 0 Å². The van der Waals surface area contributed by atoms with Gasteiger partial charge in [-0.05, 0) is 23.3 Å². The highest BCUT2D eigenvalue weighted by Gasteiger charge is 2.15. The lowest BCUT2D eigenvalue weighted by Crippen LogP contribution is -1.95. The maximum atomic E-state index is 6.08. The van der Waals surface area contributed by atoms with Gasteiger partial charge in [-0.2, -0.15) is 0 Å². The van der Waals surface area contributed by atoms with Gasteiger partial charge in [-0.1, -0.05) is 53.1 Å². The van der Waals surface area contributed by atoms with Crippen molar-refractivity contribution in [1.82, 2.24) is 10.2 Å². The number of fused-ring (bicyclic) bond motifs is 1. The lowest BCUT2D eigenvalue weighted by molar-refractivity contribution is 0.521. The zero-order valence-corrected chi connectivity index (χ0v) is 12.9. The van der Waals surface area contributed by atoms with Crippen molar-refractivity contribution in [2.45, 2.75) is 13.0 Å². The third-order valence-electron chi connectivity index (χ3n) is 3.64. The molecule has 2 aromatic carbocycles. The SMILES string of the molecule is ClC1=NCc2ccc(Nc3nnc(Cc4ccccc4)o3)cc21. The quantitative estimate of drug-likeness (QED) is 0.790. The van der Waals surface area contributed by atoms with Crippen LogP contribution in [0.3, 0.4) is 0 Å². The molecule has 2 heterocycles. The molecule has 4 rings (SSSR count). The zero-order valence-electron chi connectivity index (χ0n) is 12.2. The molecule has 0 bridgehead atoms. The average Bonchev–Trinajstić information content (AvgIpc) is 3.16.